The molecule has 0 fully saturated rings. The van der Waals surface area contributed by atoms with Gasteiger partial charge in [-0.25, -0.2) is 0 Å². The zero-order valence-electron chi connectivity index (χ0n) is 10.9. The number of aryl methyl sites for hydroxylation is 1. The van der Waals surface area contributed by atoms with Crippen molar-refractivity contribution in [3.05, 3.63) is 28.7 Å². The molecule has 17 heavy (non-hydrogen) atoms. The highest BCUT2D eigenvalue weighted by molar-refractivity contribution is 5.33. The molecule has 0 unspecified atom stereocenters. The van der Waals surface area contributed by atoms with Crippen LogP contribution in [0.25, 0.3) is 0 Å². The molecule has 0 aliphatic carbocycles. The van der Waals surface area contributed by atoms with E-state index in [1.54, 1.807) is 16.8 Å². The van der Waals surface area contributed by atoms with E-state index in [9.17, 15) is 4.79 Å². The Labute approximate surface area is 102 Å². The SMILES string of the molecule is CCC(C)(C)OCCCn1cc(N)ccc1=O. The van der Waals surface area contributed by atoms with Crippen molar-refractivity contribution in [2.24, 2.45) is 0 Å². The lowest BCUT2D eigenvalue weighted by Gasteiger charge is -2.23. The third-order valence-corrected chi connectivity index (χ3v) is 2.89. The summed E-state index contributed by atoms with van der Waals surface area (Å²) in [4.78, 5) is 11.5. The van der Waals surface area contributed by atoms with Crippen LogP contribution >= 0.6 is 0 Å². The van der Waals surface area contributed by atoms with Crippen LogP contribution < -0.4 is 11.3 Å². The van der Waals surface area contributed by atoms with Gasteiger partial charge in [0.2, 0.25) is 0 Å². The first-order valence-electron chi connectivity index (χ1n) is 6.04. The molecule has 0 aliphatic rings. The average molecular weight is 238 g/mol. The van der Waals surface area contributed by atoms with E-state index < -0.39 is 0 Å². The minimum atomic E-state index is -0.0827. The maximum atomic E-state index is 11.5. The monoisotopic (exact) mass is 238 g/mol. The Balaban J connectivity index is 2.41. The Morgan fingerprint density at radius 1 is 1.41 bits per heavy atom. The van der Waals surface area contributed by atoms with Crippen LogP contribution in [0.15, 0.2) is 23.1 Å². The number of aromatic nitrogens is 1. The number of pyridine rings is 1. The third kappa shape index (κ3) is 4.61. The minimum absolute atomic E-state index is 0.0195. The average Bonchev–Trinajstić information content (AvgIpc) is 2.29. The highest BCUT2D eigenvalue weighted by atomic mass is 16.5. The second kappa shape index (κ2) is 5.87. The summed E-state index contributed by atoms with van der Waals surface area (Å²) in [7, 11) is 0. The van der Waals surface area contributed by atoms with Gasteiger partial charge in [-0.05, 0) is 32.8 Å². The van der Waals surface area contributed by atoms with E-state index in [0.29, 0.717) is 18.8 Å². The van der Waals surface area contributed by atoms with Gasteiger partial charge >= 0.3 is 0 Å². The summed E-state index contributed by atoms with van der Waals surface area (Å²) in [6.07, 6.45) is 3.46. The maximum absolute atomic E-state index is 11.5. The molecule has 96 valence electrons. The van der Waals surface area contributed by atoms with Crippen LogP contribution in [0.2, 0.25) is 0 Å². The van der Waals surface area contributed by atoms with Gasteiger partial charge in [0.15, 0.2) is 0 Å². The molecule has 0 saturated heterocycles. The fourth-order valence-electron chi connectivity index (χ4n) is 1.41. The first-order chi connectivity index (χ1) is 7.94. The molecule has 0 spiro atoms. The number of nitrogens with zero attached hydrogens (tertiary/aromatic N) is 1. The fourth-order valence-corrected chi connectivity index (χ4v) is 1.41. The molecule has 0 radical (unpaired) electrons. The van der Waals surface area contributed by atoms with E-state index in [4.69, 9.17) is 10.5 Å². The molecule has 4 heteroatoms. The minimum Gasteiger partial charge on any atom is -0.398 e. The number of hydrogen-bond donors (Lipinski definition) is 1. The lowest BCUT2D eigenvalue weighted by atomic mass is 10.1. The maximum Gasteiger partial charge on any atom is 0.250 e. The van der Waals surface area contributed by atoms with Crippen molar-refractivity contribution in [2.45, 2.75) is 45.8 Å². The molecule has 0 amide bonds. The van der Waals surface area contributed by atoms with E-state index in [1.807, 2.05) is 0 Å². The summed E-state index contributed by atoms with van der Waals surface area (Å²) in [5, 5.41) is 0. The molecular weight excluding hydrogens is 216 g/mol. The Morgan fingerprint density at radius 2 is 2.12 bits per heavy atom. The van der Waals surface area contributed by atoms with Crippen LogP contribution in [0.4, 0.5) is 5.69 Å². The number of anilines is 1. The third-order valence-electron chi connectivity index (χ3n) is 2.89. The summed E-state index contributed by atoms with van der Waals surface area (Å²) in [6, 6.07) is 3.11. The molecule has 2 N–H and O–H groups in total. The first kappa shape index (κ1) is 13.8. The standard InChI is InChI=1S/C13H22N2O2/c1-4-13(2,3)17-9-5-8-15-10-11(14)6-7-12(15)16/h6-7,10H,4-5,8-9,14H2,1-3H3. The predicted octanol–water partition coefficient (Wildman–Crippen LogP) is 2.03. The van der Waals surface area contributed by atoms with E-state index in [1.165, 1.54) is 6.07 Å². The summed E-state index contributed by atoms with van der Waals surface area (Å²) in [5.74, 6) is 0. The number of rotatable bonds is 6. The first-order valence-corrected chi connectivity index (χ1v) is 6.04. The number of nitrogen functional groups attached to an aromatic ring is 1. The molecule has 0 aromatic carbocycles. The summed E-state index contributed by atoms with van der Waals surface area (Å²) in [6.45, 7) is 7.54. The number of ether oxygens (including phenoxy) is 1. The van der Waals surface area contributed by atoms with Crippen LogP contribution in [0.5, 0.6) is 0 Å². The van der Waals surface area contributed by atoms with Gasteiger partial charge in [0.1, 0.15) is 0 Å². The summed E-state index contributed by atoms with van der Waals surface area (Å²) < 4.78 is 7.35. The normalized spacial score (nSPS) is 11.7. The Kier molecular flexibility index (Phi) is 4.75. The van der Waals surface area contributed by atoms with Gasteiger partial charge in [-0.3, -0.25) is 4.79 Å². The Morgan fingerprint density at radius 3 is 2.76 bits per heavy atom. The van der Waals surface area contributed by atoms with Gasteiger partial charge in [-0.15, -0.1) is 0 Å². The van der Waals surface area contributed by atoms with Crippen LogP contribution in [0.3, 0.4) is 0 Å². The van der Waals surface area contributed by atoms with Crippen LogP contribution in [0, 0.1) is 0 Å². The van der Waals surface area contributed by atoms with Crippen molar-refractivity contribution >= 4 is 5.69 Å². The van der Waals surface area contributed by atoms with Crippen molar-refractivity contribution in [3.8, 4) is 0 Å². The Hall–Kier alpha value is -1.29. The molecule has 1 aromatic rings. The van der Waals surface area contributed by atoms with Gasteiger partial charge in [0.05, 0.1) is 5.60 Å². The van der Waals surface area contributed by atoms with E-state index >= 15 is 0 Å². The van der Waals surface area contributed by atoms with E-state index in [0.717, 1.165) is 12.8 Å². The fraction of sp³-hybridized carbons (Fsp3) is 0.615. The van der Waals surface area contributed by atoms with Crippen molar-refractivity contribution < 1.29 is 4.74 Å². The van der Waals surface area contributed by atoms with Crippen molar-refractivity contribution in [1.82, 2.24) is 4.57 Å². The smallest absolute Gasteiger partial charge is 0.250 e. The van der Waals surface area contributed by atoms with Gasteiger partial charge in [0.25, 0.3) is 5.56 Å². The highest BCUT2D eigenvalue weighted by Crippen LogP contribution is 2.13. The van der Waals surface area contributed by atoms with Gasteiger partial charge < -0.3 is 15.0 Å². The van der Waals surface area contributed by atoms with Crippen molar-refractivity contribution in [2.75, 3.05) is 12.3 Å². The second-order valence-electron chi connectivity index (χ2n) is 4.81. The lowest BCUT2D eigenvalue weighted by Crippen LogP contribution is -2.25. The van der Waals surface area contributed by atoms with Crippen molar-refractivity contribution in [3.63, 3.8) is 0 Å². The molecule has 0 bridgehead atoms. The molecule has 1 heterocycles. The summed E-state index contributed by atoms with van der Waals surface area (Å²) in [5.41, 5.74) is 6.14. The van der Waals surface area contributed by atoms with Crippen LogP contribution in [0.1, 0.15) is 33.6 Å². The lowest BCUT2D eigenvalue weighted by molar-refractivity contribution is -0.0222. The highest BCUT2D eigenvalue weighted by Gasteiger charge is 2.14. The van der Waals surface area contributed by atoms with Crippen LogP contribution in [-0.4, -0.2) is 16.8 Å². The van der Waals surface area contributed by atoms with Gasteiger partial charge in [0, 0.05) is 31.1 Å². The largest absolute Gasteiger partial charge is 0.398 e. The molecule has 0 saturated carbocycles. The molecule has 4 nitrogen and oxygen atoms in total. The molecule has 1 rings (SSSR count). The van der Waals surface area contributed by atoms with Gasteiger partial charge in [-0.1, -0.05) is 6.92 Å². The van der Waals surface area contributed by atoms with E-state index in [-0.39, 0.29) is 11.2 Å². The number of nitrogens with two attached hydrogens (primary N) is 1. The molecule has 0 atom stereocenters. The molecule has 1 aromatic heterocycles. The number of hydrogen-bond acceptors (Lipinski definition) is 3. The zero-order valence-corrected chi connectivity index (χ0v) is 10.9. The van der Waals surface area contributed by atoms with E-state index in [2.05, 4.69) is 20.8 Å². The zero-order chi connectivity index (χ0) is 12.9. The molecular formula is C13H22N2O2. The quantitative estimate of drug-likeness (QED) is 0.771. The Bertz CT molecular complexity index is 410. The molecule has 0 aliphatic heterocycles. The van der Waals surface area contributed by atoms with Crippen LogP contribution in [-0.2, 0) is 11.3 Å². The summed E-state index contributed by atoms with van der Waals surface area (Å²) >= 11 is 0. The van der Waals surface area contributed by atoms with Gasteiger partial charge in [-0.2, -0.15) is 0 Å². The van der Waals surface area contributed by atoms with Crippen molar-refractivity contribution in [1.29, 1.82) is 0 Å². The predicted molar refractivity (Wildman–Crippen MR) is 70.1 cm³/mol. The second-order valence-corrected chi connectivity index (χ2v) is 4.81. The topological polar surface area (TPSA) is 57.2 Å².